The molecule has 0 aromatic heterocycles. The number of carbonyl (C=O) groups is 5. The predicted molar refractivity (Wildman–Crippen MR) is 120 cm³/mol. The van der Waals surface area contributed by atoms with Gasteiger partial charge < -0.3 is 24.8 Å². The molecule has 0 fully saturated rings. The van der Waals surface area contributed by atoms with Gasteiger partial charge >= 0.3 is 18.0 Å². The van der Waals surface area contributed by atoms with E-state index in [2.05, 4.69) is 10.6 Å². The van der Waals surface area contributed by atoms with Crippen LogP contribution in [0, 0.1) is 0 Å². The fourth-order valence-corrected chi connectivity index (χ4v) is 2.81. The smallest absolute Gasteiger partial charge is 0.408 e. The molecule has 0 saturated heterocycles. The lowest BCUT2D eigenvalue weighted by Gasteiger charge is -2.22. The second kappa shape index (κ2) is 16.0. The van der Waals surface area contributed by atoms with E-state index in [9.17, 15) is 24.0 Å². The molecule has 2 atom stereocenters. The van der Waals surface area contributed by atoms with Crippen LogP contribution in [0.25, 0.3) is 0 Å². The molecule has 0 aliphatic rings. The van der Waals surface area contributed by atoms with Crippen molar-refractivity contribution in [3.05, 3.63) is 35.9 Å². The molecule has 0 aliphatic heterocycles. The van der Waals surface area contributed by atoms with E-state index in [1.54, 1.807) is 38.1 Å². The van der Waals surface area contributed by atoms with Crippen LogP contribution in [0.15, 0.2) is 30.3 Å². The van der Waals surface area contributed by atoms with Crippen LogP contribution in [-0.4, -0.2) is 55.1 Å². The van der Waals surface area contributed by atoms with E-state index in [0.717, 1.165) is 5.56 Å². The van der Waals surface area contributed by atoms with Crippen LogP contribution in [0.2, 0.25) is 0 Å². The van der Waals surface area contributed by atoms with Gasteiger partial charge in [-0.2, -0.15) is 0 Å². The number of nitrogens with two attached hydrogens (primary N) is 1. The van der Waals surface area contributed by atoms with Crippen LogP contribution in [0.5, 0.6) is 0 Å². The Hall–Kier alpha value is -3.67. The number of carbonyl (C=O) groups excluding carboxylic acids is 5. The number of hydrazine groups is 1. The van der Waals surface area contributed by atoms with E-state index in [4.69, 9.17) is 20.1 Å². The summed E-state index contributed by atoms with van der Waals surface area (Å²) in [5, 5.41) is 4.84. The lowest BCUT2D eigenvalue weighted by molar-refractivity contribution is -0.145. The van der Waals surface area contributed by atoms with Gasteiger partial charge in [0.2, 0.25) is 5.91 Å². The second-order valence-corrected chi connectivity index (χ2v) is 7.02. The molecule has 5 N–H and O–H groups in total. The van der Waals surface area contributed by atoms with Crippen molar-refractivity contribution in [1.82, 2.24) is 16.1 Å². The van der Waals surface area contributed by atoms with Crippen LogP contribution in [0.1, 0.15) is 45.1 Å². The fraction of sp³-hybridized carbons (Fsp3) is 0.500. The molecule has 0 heterocycles. The molecule has 1 rings (SSSR count). The van der Waals surface area contributed by atoms with E-state index in [0.29, 0.717) is 0 Å². The molecular formula is C22H32N4O8. The van der Waals surface area contributed by atoms with E-state index in [-0.39, 0.29) is 45.5 Å². The standard InChI is InChI=1S/C22H32N4O8/c1-3-32-18(27)12-10-16(25-22(31)34-14-15-8-6-5-7-9-15)20(29)24-17(21(30)26-23)11-13-19(28)33-4-2/h5-9,16-17H,3-4,10-14,23H2,1-2H3,(H,24,29)(H,25,31)(H,26,30)/t16-,17+/m0/s1. The minimum absolute atomic E-state index is 0.0311. The van der Waals surface area contributed by atoms with Crippen LogP contribution in [-0.2, 0) is 40.0 Å². The highest BCUT2D eigenvalue weighted by atomic mass is 16.5. The number of rotatable bonds is 14. The zero-order chi connectivity index (χ0) is 25.3. The summed E-state index contributed by atoms with van der Waals surface area (Å²) < 4.78 is 14.8. The molecule has 1 aromatic rings. The van der Waals surface area contributed by atoms with Crippen LogP contribution in [0.3, 0.4) is 0 Å². The van der Waals surface area contributed by atoms with Crippen molar-refractivity contribution in [3.63, 3.8) is 0 Å². The van der Waals surface area contributed by atoms with E-state index in [1.807, 2.05) is 11.5 Å². The SMILES string of the molecule is CCOC(=O)CC[C@H](NC(=O)OCc1ccccc1)C(=O)N[C@H](CCC(=O)OCC)C(=O)NN. The average Bonchev–Trinajstić information content (AvgIpc) is 2.83. The van der Waals surface area contributed by atoms with Gasteiger partial charge in [0, 0.05) is 12.8 Å². The Labute approximate surface area is 197 Å². The summed E-state index contributed by atoms with van der Waals surface area (Å²) in [6.07, 6.45) is -1.40. The van der Waals surface area contributed by atoms with Crippen LogP contribution < -0.4 is 21.9 Å². The molecule has 0 aliphatic carbocycles. The molecule has 1 aromatic carbocycles. The molecule has 0 bridgehead atoms. The van der Waals surface area contributed by atoms with E-state index in [1.165, 1.54) is 0 Å². The van der Waals surface area contributed by atoms with Crippen molar-refractivity contribution in [2.24, 2.45) is 5.84 Å². The van der Waals surface area contributed by atoms with Gasteiger partial charge in [0.15, 0.2) is 0 Å². The maximum Gasteiger partial charge on any atom is 0.408 e. The predicted octanol–water partition coefficient (Wildman–Crippen LogP) is 0.443. The number of benzene rings is 1. The highest BCUT2D eigenvalue weighted by molar-refractivity contribution is 5.91. The third-order valence-electron chi connectivity index (χ3n) is 4.48. The summed E-state index contributed by atoms with van der Waals surface area (Å²) in [4.78, 5) is 60.6. The van der Waals surface area contributed by atoms with Gasteiger partial charge in [0.25, 0.3) is 5.91 Å². The highest BCUT2D eigenvalue weighted by Gasteiger charge is 2.28. The average molecular weight is 481 g/mol. The molecular weight excluding hydrogens is 448 g/mol. The summed E-state index contributed by atoms with van der Waals surface area (Å²) >= 11 is 0. The maximum absolute atomic E-state index is 12.9. The van der Waals surface area contributed by atoms with Gasteiger partial charge in [-0.15, -0.1) is 0 Å². The third-order valence-corrected chi connectivity index (χ3v) is 4.48. The van der Waals surface area contributed by atoms with Crippen molar-refractivity contribution in [2.75, 3.05) is 13.2 Å². The van der Waals surface area contributed by atoms with Crippen LogP contribution in [0.4, 0.5) is 4.79 Å². The summed E-state index contributed by atoms with van der Waals surface area (Å²) in [5.41, 5.74) is 2.66. The Kier molecular flexibility index (Phi) is 13.4. The number of ether oxygens (including phenoxy) is 3. The molecule has 0 radical (unpaired) electrons. The third kappa shape index (κ3) is 11.3. The van der Waals surface area contributed by atoms with E-state index < -0.39 is 41.9 Å². The first-order valence-corrected chi connectivity index (χ1v) is 10.9. The molecule has 34 heavy (non-hydrogen) atoms. The lowest BCUT2D eigenvalue weighted by atomic mass is 10.1. The summed E-state index contributed by atoms with van der Waals surface area (Å²) in [6.45, 7) is 3.58. The van der Waals surface area contributed by atoms with Crippen molar-refractivity contribution in [2.45, 2.75) is 58.2 Å². The number of hydrogen-bond acceptors (Lipinski definition) is 9. The Morgan fingerprint density at radius 1 is 0.794 bits per heavy atom. The monoisotopic (exact) mass is 480 g/mol. The maximum atomic E-state index is 12.9. The van der Waals surface area contributed by atoms with Gasteiger partial charge in [0.1, 0.15) is 18.7 Å². The van der Waals surface area contributed by atoms with Gasteiger partial charge in [-0.3, -0.25) is 24.6 Å². The zero-order valence-corrected chi connectivity index (χ0v) is 19.3. The first kappa shape index (κ1) is 28.4. The number of hydrogen-bond donors (Lipinski definition) is 4. The molecule has 12 heteroatoms. The fourth-order valence-electron chi connectivity index (χ4n) is 2.81. The van der Waals surface area contributed by atoms with Gasteiger partial charge in [-0.05, 0) is 32.3 Å². The molecule has 12 nitrogen and oxygen atoms in total. The number of alkyl carbamates (subject to hydrolysis) is 1. The Morgan fingerprint density at radius 2 is 1.32 bits per heavy atom. The molecule has 0 unspecified atom stereocenters. The molecule has 3 amide bonds. The Bertz CT molecular complexity index is 818. The quantitative estimate of drug-likeness (QED) is 0.0968. The zero-order valence-electron chi connectivity index (χ0n) is 19.3. The highest BCUT2D eigenvalue weighted by Crippen LogP contribution is 2.06. The molecule has 188 valence electrons. The van der Waals surface area contributed by atoms with Gasteiger partial charge in [-0.1, -0.05) is 30.3 Å². The van der Waals surface area contributed by atoms with Crippen molar-refractivity contribution in [3.8, 4) is 0 Å². The molecule has 0 saturated carbocycles. The number of nitrogens with one attached hydrogen (secondary N) is 3. The van der Waals surface area contributed by atoms with Gasteiger partial charge in [0.05, 0.1) is 13.2 Å². The minimum atomic E-state index is -1.22. The van der Waals surface area contributed by atoms with Crippen molar-refractivity contribution >= 4 is 29.8 Å². The summed E-state index contributed by atoms with van der Waals surface area (Å²) in [5.74, 6) is 2.57. The summed E-state index contributed by atoms with van der Waals surface area (Å²) in [7, 11) is 0. The van der Waals surface area contributed by atoms with E-state index >= 15 is 0 Å². The van der Waals surface area contributed by atoms with Gasteiger partial charge in [-0.25, -0.2) is 10.6 Å². The second-order valence-electron chi connectivity index (χ2n) is 7.02. The summed E-state index contributed by atoms with van der Waals surface area (Å²) in [6, 6.07) is 6.51. The first-order valence-electron chi connectivity index (χ1n) is 10.9. The molecule has 0 spiro atoms. The first-order chi connectivity index (χ1) is 16.3. The topological polar surface area (TPSA) is 175 Å². The minimum Gasteiger partial charge on any atom is -0.466 e. The largest absolute Gasteiger partial charge is 0.466 e. The number of esters is 2. The van der Waals surface area contributed by atoms with Crippen LogP contribution >= 0.6 is 0 Å². The Morgan fingerprint density at radius 3 is 1.82 bits per heavy atom. The van der Waals surface area contributed by atoms with Crippen molar-refractivity contribution < 1.29 is 38.2 Å². The Balaban J connectivity index is 2.82. The number of amides is 3. The van der Waals surface area contributed by atoms with Crippen molar-refractivity contribution in [1.29, 1.82) is 0 Å². The lowest BCUT2D eigenvalue weighted by Crippen LogP contribution is -2.55. The normalized spacial score (nSPS) is 12.0.